The Labute approximate surface area is 220 Å². The van der Waals surface area contributed by atoms with E-state index < -0.39 is 5.97 Å². The van der Waals surface area contributed by atoms with Crippen LogP contribution < -0.4 is 0 Å². The number of carboxylic acid groups (broad SMARTS) is 1. The van der Waals surface area contributed by atoms with Crippen molar-refractivity contribution >= 4 is 28.0 Å². The Bertz CT molecular complexity index is 1790. The van der Waals surface area contributed by atoms with Gasteiger partial charge in [-0.2, -0.15) is 0 Å². The Hall–Kier alpha value is -4.71. The van der Waals surface area contributed by atoms with Crippen LogP contribution in [0.4, 0.5) is 0 Å². The maximum atomic E-state index is 11.7. The number of hydrogen-bond acceptors (Lipinski definition) is 3. The van der Waals surface area contributed by atoms with Crippen molar-refractivity contribution in [2.45, 2.75) is 26.3 Å². The first-order valence-corrected chi connectivity index (χ1v) is 12.9. The van der Waals surface area contributed by atoms with Gasteiger partial charge in [0.15, 0.2) is 0 Å². The van der Waals surface area contributed by atoms with E-state index in [0.717, 1.165) is 68.8 Å². The lowest BCUT2D eigenvalue weighted by Crippen LogP contribution is -2.05. The molecular formula is C32H28N4O2. The van der Waals surface area contributed by atoms with E-state index in [4.69, 9.17) is 9.97 Å². The van der Waals surface area contributed by atoms with Gasteiger partial charge in [-0.3, -0.25) is 0 Å². The Morgan fingerprint density at radius 2 is 1.53 bits per heavy atom. The molecule has 0 saturated carbocycles. The predicted octanol–water partition coefficient (Wildman–Crippen LogP) is 6.96. The molecule has 0 aliphatic rings. The quantitative estimate of drug-likeness (QED) is 0.257. The molecule has 6 aromatic rings. The van der Waals surface area contributed by atoms with E-state index in [2.05, 4.69) is 59.5 Å². The Kier molecular flexibility index (Phi) is 6.00. The first-order valence-electron chi connectivity index (χ1n) is 12.9. The van der Waals surface area contributed by atoms with Crippen molar-refractivity contribution in [2.75, 3.05) is 0 Å². The number of carboxylic acids is 1. The van der Waals surface area contributed by atoms with Gasteiger partial charge in [0.05, 0.1) is 27.6 Å². The number of fused-ring (bicyclic) bond motifs is 2. The largest absolute Gasteiger partial charge is 0.478 e. The number of aromatic nitrogens is 4. The SMILES string of the molecule is CCCc1nc2ccc(-c3nc4ccccc4n3C)cc2n1Cc1ccc(-c2ccccc2C(=O)O)cc1. The number of aryl methyl sites for hydroxylation is 2. The fourth-order valence-electron chi connectivity index (χ4n) is 5.20. The lowest BCUT2D eigenvalue weighted by atomic mass is 9.99. The number of benzene rings is 4. The number of imidazole rings is 2. The smallest absolute Gasteiger partial charge is 0.336 e. The topological polar surface area (TPSA) is 72.9 Å². The van der Waals surface area contributed by atoms with E-state index in [9.17, 15) is 9.90 Å². The Morgan fingerprint density at radius 3 is 2.29 bits per heavy atom. The number of para-hydroxylation sites is 2. The molecule has 0 radical (unpaired) electrons. The van der Waals surface area contributed by atoms with Crippen molar-refractivity contribution in [3.05, 3.63) is 108 Å². The van der Waals surface area contributed by atoms with Crippen LogP contribution in [0.3, 0.4) is 0 Å². The van der Waals surface area contributed by atoms with Crippen molar-refractivity contribution in [1.29, 1.82) is 0 Å². The van der Waals surface area contributed by atoms with Crippen LogP contribution in [0.25, 0.3) is 44.6 Å². The Balaban J connectivity index is 1.39. The molecule has 38 heavy (non-hydrogen) atoms. The van der Waals surface area contributed by atoms with Gasteiger partial charge in [-0.1, -0.05) is 61.5 Å². The molecule has 2 heterocycles. The molecule has 0 atom stereocenters. The van der Waals surface area contributed by atoms with Crippen molar-refractivity contribution in [1.82, 2.24) is 19.1 Å². The number of nitrogens with zero attached hydrogens (tertiary/aromatic N) is 4. The van der Waals surface area contributed by atoms with E-state index in [1.54, 1.807) is 12.1 Å². The second kappa shape index (κ2) is 9.63. The molecule has 6 nitrogen and oxygen atoms in total. The highest BCUT2D eigenvalue weighted by Crippen LogP contribution is 2.29. The van der Waals surface area contributed by atoms with E-state index in [1.807, 2.05) is 42.5 Å². The summed E-state index contributed by atoms with van der Waals surface area (Å²) in [5, 5.41) is 9.58. The second-order valence-electron chi connectivity index (χ2n) is 9.60. The molecule has 0 fully saturated rings. The van der Waals surface area contributed by atoms with E-state index in [0.29, 0.717) is 12.1 Å². The minimum Gasteiger partial charge on any atom is -0.478 e. The maximum Gasteiger partial charge on any atom is 0.336 e. The molecule has 0 amide bonds. The van der Waals surface area contributed by atoms with Gasteiger partial charge in [-0.25, -0.2) is 14.8 Å². The van der Waals surface area contributed by atoms with Crippen LogP contribution in [0.5, 0.6) is 0 Å². The summed E-state index contributed by atoms with van der Waals surface area (Å²) in [6, 6.07) is 29.8. The fourth-order valence-corrected chi connectivity index (χ4v) is 5.20. The number of hydrogen-bond donors (Lipinski definition) is 1. The van der Waals surface area contributed by atoms with E-state index >= 15 is 0 Å². The summed E-state index contributed by atoms with van der Waals surface area (Å²) in [6.45, 7) is 2.85. The summed E-state index contributed by atoms with van der Waals surface area (Å²) < 4.78 is 4.43. The Morgan fingerprint density at radius 1 is 0.816 bits per heavy atom. The van der Waals surface area contributed by atoms with Crippen LogP contribution in [0.2, 0.25) is 0 Å². The van der Waals surface area contributed by atoms with Gasteiger partial charge in [0.2, 0.25) is 0 Å². The summed E-state index contributed by atoms with van der Waals surface area (Å²) >= 11 is 0. The fraction of sp³-hybridized carbons (Fsp3) is 0.156. The molecule has 0 saturated heterocycles. The molecule has 2 aromatic heterocycles. The third kappa shape index (κ3) is 4.14. The highest BCUT2D eigenvalue weighted by atomic mass is 16.4. The third-order valence-corrected chi connectivity index (χ3v) is 7.11. The van der Waals surface area contributed by atoms with Crippen molar-refractivity contribution in [3.8, 4) is 22.5 Å². The molecular weight excluding hydrogens is 472 g/mol. The molecule has 0 spiro atoms. The van der Waals surface area contributed by atoms with Gasteiger partial charge in [-0.05, 0) is 59.5 Å². The molecule has 0 bridgehead atoms. The van der Waals surface area contributed by atoms with E-state index in [1.165, 1.54) is 0 Å². The van der Waals surface area contributed by atoms with Crippen molar-refractivity contribution < 1.29 is 9.90 Å². The van der Waals surface area contributed by atoms with Crippen LogP contribution in [0.1, 0.15) is 35.1 Å². The molecule has 0 aliphatic carbocycles. The van der Waals surface area contributed by atoms with Gasteiger partial charge in [-0.15, -0.1) is 0 Å². The monoisotopic (exact) mass is 500 g/mol. The normalized spacial score (nSPS) is 11.4. The minimum atomic E-state index is -0.921. The van der Waals surface area contributed by atoms with Gasteiger partial charge < -0.3 is 14.2 Å². The predicted molar refractivity (Wildman–Crippen MR) is 151 cm³/mol. The summed E-state index contributed by atoms with van der Waals surface area (Å²) in [4.78, 5) is 21.5. The van der Waals surface area contributed by atoms with Gasteiger partial charge >= 0.3 is 5.97 Å². The van der Waals surface area contributed by atoms with Crippen LogP contribution in [-0.2, 0) is 20.0 Å². The number of rotatable bonds is 7. The van der Waals surface area contributed by atoms with Gasteiger partial charge in [0.1, 0.15) is 11.6 Å². The van der Waals surface area contributed by atoms with Crippen LogP contribution in [0, 0.1) is 0 Å². The molecule has 188 valence electrons. The summed E-state index contributed by atoms with van der Waals surface area (Å²) in [6.07, 6.45) is 1.90. The number of carbonyl (C=O) groups is 1. The van der Waals surface area contributed by atoms with E-state index in [-0.39, 0.29) is 0 Å². The standard InChI is InChI=1S/C32H28N4O2/c1-3-8-30-33-27-18-17-23(31-34-26-11-6-7-12-28(26)35(31)2)19-29(27)36(30)20-21-13-15-22(16-14-21)24-9-4-5-10-25(24)32(37)38/h4-7,9-19H,3,8,20H2,1-2H3,(H,37,38). The molecule has 6 rings (SSSR count). The van der Waals surface area contributed by atoms with Crippen LogP contribution in [-0.4, -0.2) is 30.2 Å². The number of aromatic carboxylic acids is 1. The van der Waals surface area contributed by atoms with Crippen molar-refractivity contribution in [3.63, 3.8) is 0 Å². The molecule has 0 unspecified atom stereocenters. The highest BCUT2D eigenvalue weighted by molar-refractivity contribution is 5.96. The molecule has 0 aliphatic heterocycles. The van der Waals surface area contributed by atoms with Crippen LogP contribution in [0.15, 0.2) is 91.0 Å². The zero-order valence-corrected chi connectivity index (χ0v) is 21.4. The summed E-state index contributed by atoms with van der Waals surface area (Å²) in [7, 11) is 2.05. The zero-order chi connectivity index (χ0) is 26.2. The summed E-state index contributed by atoms with van der Waals surface area (Å²) in [5.41, 5.74) is 8.25. The van der Waals surface area contributed by atoms with Gasteiger partial charge in [0.25, 0.3) is 0 Å². The first kappa shape index (κ1) is 23.7. The first-order chi connectivity index (χ1) is 18.5. The second-order valence-corrected chi connectivity index (χ2v) is 9.60. The van der Waals surface area contributed by atoms with Crippen LogP contribution >= 0.6 is 0 Å². The average Bonchev–Trinajstić information content (AvgIpc) is 3.46. The lowest BCUT2D eigenvalue weighted by molar-refractivity contribution is 0.0697. The van der Waals surface area contributed by atoms with Gasteiger partial charge in [0, 0.05) is 25.6 Å². The average molecular weight is 501 g/mol. The zero-order valence-electron chi connectivity index (χ0n) is 21.4. The van der Waals surface area contributed by atoms with Crippen molar-refractivity contribution in [2.24, 2.45) is 7.05 Å². The molecule has 1 N–H and O–H groups in total. The molecule has 6 heteroatoms. The molecule has 4 aromatic carbocycles. The lowest BCUT2D eigenvalue weighted by Gasteiger charge is -2.11. The minimum absolute atomic E-state index is 0.306. The highest BCUT2D eigenvalue weighted by Gasteiger charge is 2.16. The third-order valence-electron chi connectivity index (χ3n) is 7.11. The maximum absolute atomic E-state index is 11.7. The summed E-state index contributed by atoms with van der Waals surface area (Å²) in [5.74, 6) is 1.07.